The molecule has 0 spiro atoms. The van der Waals surface area contributed by atoms with Crippen molar-refractivity contribution in [2.45, 2.75) is 13.0 Å². The molecule has 1 N–H and O–H groups in total. The van der Waals surface area contributed by atoms with Gasteiger partial charge in [-0.2, -0.15) is 0 Å². The van der Waals surface area contributed by atoms with Gasteiger partial charge in [0.2, 0.25) is 0 Å². The van der Waals surface area contributed by atoms with Crippen LogP contribution in [0.2, 0.25) is 0 Å². The molecular weight excluding hydrogens is 322 g/mol. The maximum Gasteiger partial charge on any atom is 0.260 e. The standard InChI is InChI=1S/C19H23NO5/c1-14(25-18-10-5-4-9-17(18)23-3)19(21)20-11-12-24-16-8-6-7-15(13-16)22-2/h4-10,13-14H,11-12H2,1-3H3,(H,20,21)/t14-/m1/s1. The zero-order valence-corrected chi connectivity index (χ0v) is 14.7. The van der Waals surface area contributed by atoms with Crippen LogP contribution in [0.15, 0.2) is 48.5 Å². The highest BCUT2D eigenvalue weighted by Gasteiger charge is 2.16. The molecule has 0 bridgehead atoms. The zero-order chi connectivity index (χ0) is 18.1. The second-order valence-electron chi connectivity index (χ2n) is 5.23. The molecule has 0 heterocycles. The SMILES string of the molecule is COc1cccc(OCCNC(=O)[C@@H](C)Oc2ccccc2OC)c1. The molecule has 2 aromatic rings. The van der Waals surface area contributed by atoms with E-state index in [1.54, 1.807) is 39.3 Å². The summed E-state index contributed by atoms with van der Waals surface area (Å²) < 4.78 is 21.6. The Morgan fingerprint density at radius 1 is 1.00 bits per heavy atom. The van der Waals surface area contributed by atoms with Crippen LogP contribution in [0.3, 0.4) is 0 Å². The lowest BCUT2D eigenvalue weighted by atomic mass is 10.3. The van der Waals surface area contributed by atoms with E-state index in [1.807, 2.05) is 30.3 Å². The number of ether oxygens (including phenoxy) is 4. The summed E-state index contributed by atoms with van der Waals surface area (Å²) in [6, 6.07) is 14.5. The van der Waals surface area contributed by atoms with Crippen LogP contribution in [-0.2, 0) is 4.79 Å². The van der Waals surface area contributed by atoms with Crippen LogP contribution in [0, 0.1) is 0 Å². The van der Waals surface area contributed by atoms with Crippen LogP contribution in [0.4, 0.5) is 0 Å². The molecule has 0 radical (unpaired) electrons. The minimum atomic E-state index is -0.645. The monoisotopic (exact) mass is 345 g/mol. The van der Waals surface area contributed by atoms with Crippen LogP contribution in [0.5, 0.6) is 23.0 Å². The molecule has 134 valence electrons. The van der Waals surface area contributed by atoms with Crippen molar-refractivity contribution in [3.8, 4) is 23.0 Å². The first kappa shape index (κ1) is 18.4. The normalized spacial score (nSPS) is 11.3. The van der Waals surface area contributed by atoms with Gasteiger partial charge in [-0.1, -0.05) is 18.2 Å². The Morgan fingerprint density at radius 2 is 1.72 bits per heavy atom. The largest absolute Gasteiger partial charge is 0.497 e. The van der Waals surface area contributed by atoms with Crippen molar-refractivity contribution in [1.29, 1.82) is 0 Å². The highest BCUT2D eigenvalue weighted by atomic mass is 16.5. The molecule has 1 atom stereocenters. The van der Waals surface area contributed by atoms with Gasteiger partial charge in [-0.25, -0.2) is 0 Å². The molecule has 0 aromatic heterocycles. The Morgan fingerprint density at radius 3 is 2.44 bits per heavy atom. The van der Waals surface area contributed by atoms with Gasteiger partial charge >= 0.3 is 0 Å². The number of carbonyl (C=O) groups is 1. The lowest BCUT2D eigenvalue weighted by Gasteiger charge is -2.16. The van der Waals surface area contributed by atoms with Crippen LogP contribution in [0.1, 0.15) is 6.92 Å². The molecule has 0 saturated carbocycles. The third kappa shape index (κ3) is 5.60. The van der Waals surface area contributed by atoms with Crippen LogP contribution in [-0.4, -0.2) is 39.4 Å². The Kier molecular flexibility index (Phi) is 6.95. The fourth-order valence-corrected chi connectivity index (χ4v) is 2.14. The number of hydrogen-bond acceptors (Lipinski definition) is 5. The second kappa shape index (κ2) is 9.42. The van der Waals surface area contributed by atoms with E-state index in [9.17, 15) is 4.79 Å². The van der Waals surface area contributed by atoms with Gasteiger partial charge in [-0.3, -0.25) is 4.79 Å². The van der Waals surface area contributed by atoms with Gasteiger partial charge in [0.15, 0.2) is 17.6 Å². The summed E-state index contributed by atoms with van der Waals surface area (Å²) in [7, 11) is 3.16. The molecule has 1 amide bonds. The van der Waals surface area contributed by atoms with Gasteiger partial charge in [0.05, 0.1) is 20.8 Å². The molecule has 0 unspecified atom stereocenters. The molecule has 0 aliphatic rings. The number of para-hydroxylation sites is 2. The predicted octanol–water partition coefficient (Wildman–Crippen LogP) is 2.67. The lowest BCUT2D eigenvalue weighted by Crippen LogP contribution is -2.38. The van der Waals surface area contributed by atoms with Crippen molar-refractivity contribution in [2.75, 3.05) is 27.4 Å². The molecule has 2 aromatic carbocycles. The summed E-state index contributed by atoms with van der Waals surface area (Å²) in [6.07, 6.45) is -0.645. The van der Waals surface area contributed by atoms with Gasteiger partial charge in [0.25, 0.3) is 5.91 Å². The van der Waals surface area contributed by atoms with Crippen LogP contribution in [0.25, 0.3) is 0 Å². The fourth-order valence-electron chi connectivity index (χ4n) is 2.14. The second-order valence-corrected chi connectivity index (χ2v) is 5.23. The van der Waals surface area contributed by atoms with Gasteiger partial charge in [-0.15, -0.1) is 0 Å². The summed E-state index contributed by atoms with van der Waals surface area (Å²) in [5.41, 5.74) is 0. The zero-order valence-electron chi connectivity index (χ0n) is 14.7. The maximum atomic E-state index is 12.1. The molecule has 0 saturated heterocycles. The average Bonchev–Trinajstić information content (AvgIpc) is 2.65. The molecule has 0 aliphatic carbocycles. The minimum Gasteiger partial charge on any atom is -0.497 e. The number of hydrogen-bond donors (Lipinski definition) is 1. The van der Waals surface area contributed by atoms with Crippen molar-refractivity contribution in [1.82, 2.24) is 5.32 Å². The van der Waals surface area contributed by atoms with E-state index in [1.165, 1.54) is 0 Å². The minimum absolute atomic E-state index is 0.222. The van der Waals surface area contributed by atoms with Gasteiger partial charge < -0.3 is 24.3 Å². The van der Waals surface area contributed by atoms with E-state index in [2.05, 4.69) is 5.32 Å². The average molecular weight is 345 g/mol. The highest BCUT2D eigenvalue weighted by molar-refractivity contribution is 5.80. The molecule has 6 nitrogen and oxygen atoms in total. The van der Waals surface area contributed by atoms with Crippen molar-refractivity contribution >= 4 is 5.91 Å². The lowest BCUT2D eigenvalue weighted by molar-refractivity contribution is -0.127. The summed E-state index contributed by atoms with van der Waals surface area (Å²) in [5.74, 6) is 2.30. The third-order valence-electron chi connectivity index (χ3n) is 3.45. The predicted molar refractivity (Wildman–Crippen MR) is 94.6 cm³/mol. The number of rotatable bonds is 9. The summed E-state index contributed by atoms with van der Waals surface area (Å²) in [5, 5.41) is 2.78. The van der Waals surface area contributed by atoms with Crippen molar-refractivity contribution in [2.24, 2.45) is 0 Å². The molecule has 6 heteroatoms. The van der Waals surface area contributed by atoms with Gasteiger partial charge in [0, 0.05) is 6.07 Å². The fraction of sp³-hybridized carbons (Fsp3) is 0.316. The molecule has 0 aliphatic heterocycles. The van der Waals surface area contributed by atoms with Gasteiger partial charge in [-0.05, 0) is 31.2 Å². The Bertz CT molecular complexity index is 689. The van der Waals surface area contributed by atoms with Crippen molar-refractivity contribution in [3.05, 3.63) is 48.5 Å². The first-order valence-corrected chi connectivity index (χ1v) is 7.98. The number of carbonyl (C=O) groups excluding carboxylic acids is 1. The van der Waals surface area contributed by atoms with E-state index >= 15 is 0 Å². The first-order valence-electron chi connectivity index (χ1n) is 7.98. The number of methoxy groups -OCH3 is 2. The quantitative estimate of drug-likeness (QED) is 0.708. The smallest absolute Gasteiger partial charge is 0.260 e. The van der Waals surface area contributed by atoms with Gasteiger partial charge in [0.1, 0.15) is 18.1 Å². The van der Waals surface area contributed by atoms with E-state index < -0.39 is 6.10 Å². The van der Waals surface area contributed by atoms with Crippen LogP contribution >= 0.6 is 0 Å². The molecule has 0 fully saturated rings. The number of benzene rings is 2. The Hall–Kier alpha value is -2.89. The number of amides is 1. The number of nitrogens with one attached hydrogen (secondary N) is 1. The molecule has 25 heavy (non-hydrogen) atoms. The van der Waals surface area contributed by atoms with Crippen molar-refractivity contribution in [3.63, 3.8) is 0 Å². The third-order valence-corrected chi connectivity index (χ3v) is 3.45. The highest BCUT2D eigenvalue weighted by Crippen LogP contribution is 2.26. The maximum absolute atomic E-state index is 12.1. The Balaban J connectivity index is 1.75. The summed E-state index contributed by atoms with van der Waals surface area (Å²) in [6.45, 7) is 2.40. The van der Waals surface area contributed by atoms with E-state index in [0.29, 0.717) is 30.4 Å². The van der Waals surface area contributed by atoms with E-state index in [0.717, 1.165) is 5.75 Å². The Labute approximate surface area is 147 Å². The molecular formula is C19H23NO5. The van der Waals surface area contributed by atoms with Crippen LogP contribution < -0.4 is 24.3 Å². The van der Waals surface area contributed by atoms with E-state index in [-0.39, 0.29) is 5.91 Å². The molecule has 2 rings (SSSR count). The van der Waals surface area contributed by atoms with Crippen molar-refractivity contribution < 1.29 is 23.7 Å². The summed E-state index contributed by atoms with van der Waals surface area (Å²) >= 11 is 0. The van der Waals surface area contributed by atoms with E-state index in [4.69, 9.17) is 18.9 Å². The summed E-state index contributed by atoms with van der Waals surface area (Å²) in [4.78, 5) is 12.1. The first-order chi connectivity index (χ1) is 12.1. The topological polar surface area (TPSA) is 66.0 Å².